The highest BCUT2D eigenvalue weighted by Crippen LogP contribution is 2.32. The average molecular weight is 270 g/mol. The average Bonchev–Trinajstić information content (AvgIpc) is 2.35. The van der Waals surface area contributed by atoms with E-state index in [0.717, 1.165) is 25.7 Å². The van der Waals surface area contributed by atoms with Crippen LogP contribution < -0.4 is 10.6 Å². The molecule has 19 heavy (non-hydrogen) atoms. The van der Waals surface area contributed by atoms with Gasteiger partial charge in [0.1, 0.15) is 5.54 Å². The molecule has 1 aliphatic carbocycles. The first-order valence-corrected chi connectivity index (χ1v) is 7.25. The molecule has 0 aliphatic heterocycles. The molecule has 0 saturated heterocycles. The Hall–Kier alpha value is -1.26. The van der Waals surface area contributed by atoms with Crippen LogP contribution in [0.15, 0.2) is 0 Å². The summed E-state index contributed by atoms with van der Waals surface area (Å²) in [6.45, 7) is 6.05. The van der Waals surface area contributed by atoms with E-state index in [-0.39, 0.29) is 12.1 Å². The Kier molecular flexibility index (Phi) is 5.63. The molecule has 2 atom stereocenters. The van der Waals surface area contributed by atoms with Gasteiger partial charge in [-0.15, -0.1) is 0 Å². The monoisotopic (exact) mass is 270 g/mol. The van der Waals surface area contributed by atoms with Gasteiger partial charge >= 0.3 is 12.0 Å². The Bertz CT molecular complexity index is 329. The minimum absolute atomic E-state index is 0.104. The maximum Gasteiger partial charge on any atom is 0.329 e. The Morgan fingerprint density at radius 3 is 2.47 bits per heavy atom. The zero-order chi connectivity index (χ0) is 14.5. The number of aliphatic carboxylic acids is 1. The number of rotatable bonds is 5. The number of carbonyl (C=O) groups is 2. The van der Waals surface area contributed by atoms with Crippen LogP contribution in [0.2, 0.25) is 0 Å². The van der Waals surface area contributed by atoms with Gasteiger partial charge in [-0.05, 0) is 31.6 Å². The Morgan fingerprint density at radius 1 is 1.37 bits per heavy atom. The Balaban J connectivity index is 2.68. The van der Waals surface area contributed by atoms with Crippen molar-refractivity contribution < 1.29 is 14.7 Å². The highest BCUT2D eigenvalue weighted by Gasteiger charge is 2.43. The highest BCUT2D eigenvalue weighted by molar-refractivity contribution is 5.86. The second-order valence-corrected chi connectivity index (χ2v) is 5.70. The number of carboxylic acid groups (broad SMARTS) is 1. The van der Waals surface area contributed by atoms with Crippen LogP contribution in [0, 0.1) is 5.92 Å². The summed E-state index contributed by atoms with van der Waals surface area (Å²) in [5.41, 5.74) is -1.09. The van der Waals surface area contributed by atoms with E-state index in [1.807, 2.05) is 20.8 Å². The first-order valence-electron chi connectivity index (χ1n) is 7.25. The minimum atomic E-state index is -1.09. The second kappa shape index (κ2) is 6.78. The Labute approximate surface area is 115 Å². The van der Waals surface area contributed by atoms with Crippen molar-refractivity contribution >= 4 is 12.0 Å². The maximum absolute atomic E-state index is 12.0. The van der Waals surface area contributed by atoms with Crippen molar-refractivity contribution in [3.8, 4) is 0 Å². The van der Waals surface area contributed by atoms with Crippen LogP contribution in [0.1, 0.15) is 59.3 Å². The predicted octanol–water partition coefficient (Wildman–Crippen LogP) is 2.51. The van der Waals surface area contributed by atoms with Crippen molar-refractivity contribution in [2.45, 2.75) is 70.9 Å². The van der Waals surface area contributed by atoms with Gasteiger partial charge in [0.05, 0.1) is 0 Å². The molecule has 0 aromatic heterocycles. The molecule has 2 unspecified atom stereocenters. The summed E-state index contributed by atoms with van der Waals surface area (Å²) in [6, 6.07) is -0.253. The minimum Gasteiger partial charge on any atom is -0.480 e. The third-order valence-corrected chi connectivity index (χ3v) is 4.08. The fraction of sp³-hybridized carbons (Fsp3) is 0.857. The summed E-state index contributed by atoms with van der Waals surface area (Å²) in [4.78, 5) is 23.5. The summed E-state index contributed by atoms with van der Waals surface area (Å²) in [7, 11) is 0. The lowest BCUT2D eigenvalue weighted by Crippen LogP contribution is -2.60. The first-order chi connectivity index (χ1) is 8.93. The molecule has 5 nitrogen and oxygen atoms in total. The molecule has 2 amide bonds. The van der Waals surface area contributed by atoms with E-state index in [4.69, 9.17) is 0 Å². The van der Waals surface area contributed by atoms with Crippen molar-refractivity contribution in [3.05, 3.63) is 0 Å². The number of hydrogen-bond acceptors (Lipinski definition) is 2. The van der Waals surface area contributed by atoms with Gasteiger partial charge in [0.2, 0.25) is 0 Å². The second-order valence-electron chi connectivity index (χ2n) is 5.70. The molecular weight excluding hydrogens is 244 g/mol. The number of urea groups is 1. The molecule has 1 aliphatic rings. The lowest BCUT2D eigenvalue weighted by Gasteiger charge is -2.37. The number of amides is 2. The van der Waals surface area contributed by atoms with Crippen LogP contribution in [0.3, 0.4) is 0 Å². The van der Waals surface area contributed by atoms with Crippen LogP contribution in [0.5, 0.6) is 0 Å². The van der Waals surface area contributed by atoms with Crippen molar-refractivity contribution in [1.82, 2.24) is 10.6 Å². The smallest absolute Gasteiger partial charge is 0.329 e. The van der Waals surface area contributed by atoms with Gasteiger partial charge in [0, 0.05) is 6.04 Å². The van der Waals surface area contributed by atoms with Gasteiger partial charge in [0.25, 0.3) is 0 Å². The summed E-state index contributed by atoms with van der Waals surface area (Å²) >= 11 is 0. The van der Waals surface area contributed by atoms with Crippen LogP contribution in [0.4, 0.5) is 4.79 Å². The highest BCUT2D eigenvalue weighted by atomic mass is 16.4. The maximum atomic E-state index is 12.0. The van der Waals surface area contributed by atoms with Gasteiger partial charge in [-0.25, -0.2) is 9.59 Å². The topological polar surface area (TPSA) is 78.4 Å². The molecule has 0 bridgehead atoms. The standard InChI is InChI=1S/C14H26N2O3/c1-4-11(5-2)15-13(19)16-14(12(17)18)8-6-7-10(3)9-14/h10-11H,4-9H2,1-3H3,(H,17,18)(H2,15,16,19). The van der Waals surface area contributed by atoms with E-state index in [0.29, 0.717) is 18.8 Å². The lowest BCUT2D eigenvalue weighted by atomic mass is 9.76. The molecule has 3 N–H and O–H groups in total. The van der Waals surface area contributed by atoms with E-state index in [2.05, 4.69) is 10.6 Å². The van der Waals surface area contributed by atoms with Gasteiger partial charge in [-0.1, -0.05) is 33.6 Å². The Morgan fingerprint density at radius 2 is 2.00 bits per heavy atom. The summed E-state index contributed by atoms with van der Waals surface area (Å²) in [6.07, 6.45) is 4.60. The van der Waals surface area contributed by atoms with Gasteiger partial charge < -0.3 is 15.7 Å². The van der Waals surface area contributed by atoms with Crippen molar-refractivity contribution in [3.63, 3.8) is 0 Å². The van der Waals surface area contributed by atoms with Crippen LogP contribution >= 0.6 is 0 Å². The molecule has 5 heteroatoms. The number of hydrogen-bond donors (Lipinski definition) is 3. The molecule has 1 fully saturated rings. The molecule has 1 rings (SSSR count). The molecule has 0 radical (unpaired) electrons. The number of nitrogens with one attached hydrogen (secondary N) is 2. The third-order valence-electron chi connectivity index (χ3n) is 4.08. The lowest BCUT2D eigenvalue weighted by molar-refractivity contribution is -0.146. The normalized spacial score (nSPS) is 27.1. The van der Waals surface area contributed by atoms with Gasteiger partial charge in [-0.3, -0.25) is 0 Å². The molecule has 110 valence electrons. The van der Waals surface area contributed by atoms with Gasteiger partial charge in [0.15, 0.2) is 0 Å². The van der Waals surface area contributed by atoms with E-state index in [9.17, 15) is 14.7 Å². The molecule has 0 aromatic rings. The molecule has 1 saturated carbocycles. The SMILES string of the molecule is CCC(CC)NC(=O)NC1(C(=O)O)CCCC(C)C1. The summed E-state index contributed by atoms with van der Waals surface area (Å²) in [5.74, 6) is -0.586. The number of carboxylic acids is 1. The van der Waals surface area contributed by atoms with Crippen LogP contribution in [-0.2, 0) is 4.79 Å². The first kappa shape index (κ1) is 15.8. The third kappa shape index (κ3) is 4.11. The summed E-state index contributed by atoms with van der Waals surface area (Å²) < 4.78 is 0. The summed E-state index contributed by atoms with van der Waals surface area (Å²) in [5, 5.41) is 15.0. The van der Waals surface area contributed by atoms with Gasteiger partial charge in [-0.2, -0.15) is 0 Å². The van der Waals surface area contributed by atoms with Crippen LogP contribution in [-0.4, -0.2) is 28.7 Å². The molecule has 0 aromatic carbocycles. The molecular formula is C14H26N2O3. The quantitative estimate of drug-likeness (QED) is 0.718. The van der Waals surface area contributed by atoms with Crippen molar-refractivity contribution in [2.24, 2.45) is 5.92 Å². The molecule has 0 spiro atoms. The predicted molar refractivity (Wildman–Crippen MR) is 74.0 cm³/mol. The number of carbonyl (C=O) groups excluding carboxylic acids is 1. The van der Waals surface area contributed by atoms with E-state index < -0.39 is 11.5 Å². The largest absolute Gasteiger partial charge is 0.480 e. The van der Waals surface area contributed by atoms with Crippen molar-refractivity contribution in [1.29, 1.82) is 0 Å². The fourth-order valence-electron chi connectivity index (χ4n) is 2.84. The van der Waals surface area contributed by atoms with E-state index in [1.54, 1.807) is 0 Å². The zero-order valence-corrected chi connectivity index (χ0v) is 12.2. The van der Waals surface area contributed by atoms with Crippen LogP contribution in [0.25, 0.3) is 0 Å². The van der Waals surface area contributed by atoms with E-state index in [1.165, 1.54) is 0 Å². The zero-order valence-electron chi connectivity index (χ0n) is 12.2. The van der Waals surface area contributed by atoms with E-state index >= 15 is 0 Å². The molecule has 0 heterocycles. The fourth-order valence-corrected chi connectivity index (χ4v) is 2.84. The van der Waals surface area contributed by atoms with Crippen molar-refractivity contribution in [2.75, 3.05) is 0 Å².